The number of carbonyl (C=O) groups excluding carboxylic acids is 3. The highest BCUT2D eigenvalue weighted by Gasteiger charge is 2.35. The number of morpholine rings is 1. The molecule has 5 nitrogen and oxygen atoms in total. The fourth-order valence-electron chi connectivity index (χ4n) is 2.13. The molecule has 1 N–H and O–H groups in total. The molecule has 1 heterocycles. The fraction of sp³-hybridized carbons (Fsp3) is 0.727. The Morgan fingerprint density at radius 1 is 1.44 bits per heavy atom. The van der Waals surface area contributed by atoms with E-state index < -0.39 is 12.0 Å². The zero-order chi connectivity index (χ0) is 11.5. The molecule has 1 aliphatic carbocycles. The second kappa shape index (κ2) is 4.84. The lowest BCUT2D eigenvalue weighted by Crippen LogP contribution is -2.43. The highest BCUT2D eigenvalue weighted by Crippen LogP contribution is 2.23. The summed E-state index contributed by atoms with van der Waals surface area (Å²) in [4.78, 5) is 34.2. The van der Waals surface area contributed by atoms with Crippen LogP contribution in [0.4, 0.5) is 0 Å². The molecular formula is C11H15NO4. The van der Waals surface area contributed by atoms with E-state index >= 15 is 0 Å². The molecule has 2 fully saturated rings. The minimum Gasteiger partial charge on any atom is -0.368 e. The van der Waals surface area contributed by atoms with Gasteiger partial charge in [-0.1, -0.05) is 0 Å². The molecular weight excluding hydrogens is 210 g/mol. The van der Waals surface area contributed by atoms with Crippen LogP contribution in [0.25, 0.3) is 0 Å². The van der Waals surface area contributed by atoms with E-state index in [4.69, 9.17) is 4.74 Å². The maximum Gasteiger partial charge on any atom is 0.201 e. The Balaban J connectivity index is 1.87. The van der Waals surface area contributed by atoms with E-state index in [1.54, 1.807) is 0 Å². The van der Waals surface area contributed by atoms with E-state index in [1.165, 1.54) is 0 Å². The Bertz CT molecular complexity index is 320. The monoisotopic (exact) mass is 225 g/mol. The summed E-state index contributed by atoms with van der Waals surface area (Å²) in [5.74, 6) is -1.18. The summed E-state index contributed by atoms with van der Waals surface area (Å²) in [6.45, 7) is 1.78. The molecule has 2 atom stereocenters. The second-order valence-corrected chi connectivity index (χ2v) is 4.26. The first-order valence-electron chi connectivity index (χ1n) is 5.60. The first-order valence-corrected chi connectivity index (χ1v) is 5.60. The van der Waals surface area contributed by atoms with Gasteiger partial charge in [-0.15, -0.1) is 0 Å². The van der Waals surface area contributed by atoms with Gasteiger partial charge in [-0.25, -0.2) is 0 Å². The smallest absolute Gasteiger partial charge is 0.201 e. The number of nitrogens with one attached hydrogen (secondary N) is 1. The van der Waals surface area contributed by atoms with Crippen molar-refractivity contribution >= 4 is 17.3 Å². The summed E-state index contributed by atoms with van der Waals surface area (Å²) in [7, 11) is 0. The van der Waals surface area contributed by atoms with Gasteiger partial charge >= 0.3 is 0 Å². The third-order valence-corrected chi connectivity index (χ3v) is 3.10. The van der Waals surface area contributed by atoms with Crippen LogP contribution in [-0.2, 0) is 19.1 Å². The van der Waals surface area contributed by atoms with E-state index in [1.807, 2.05) is 0 Å². The zero-order valence-electron chi connectivity index (χ0n) is 9.03. The molecule has 2 rings (SSSR count). The van der Waals surface area contributed by atoms with Crippen LogP contribution in [0.5, 0.6) is 0 Å². The fourth-order valence-corrected chi connectivity index (χ4v) is 2.13. The molecule has 16 heavy (non-hydrogen) atoms. The maximum atomic E-state index is 11.8. The Morgan fingerprint density at radius 3 is 2.81 bits per heavy atom. The van der Waals surface area contributed by atoms with Gasteiger partial charge in [0.2, 0.25) is 5.78 Å². The summed E-state index contributed by atoms with van der Waals surface area (Å²) in [5, 5.41) is 3.06. The van der Waals surface area contributed by atoms with Gasteiger partial charge in [0.1, 0.15) is 6.10 Å². The van der Waals surface area contributed by atoms with Gasteiger partial charge in [0.15, 0.2) is 11.6 Å². The number of carbonyl (C=O) groups is 3. The van der Waals surface area contributed by atoms with Crippen molar-refractivity contribution in [2.24, 2.45) is 5.92 Å². The third kappa shape index (κ3) is 2.36. The van der Waals surface area contributed by atoms with Crippen LogP contribution in [0, 0.1) is 5.92 Å². The predicted molar refractivity (Wildman–Crippen MR) is 55.0 cm³/mol. The van der Waals surface area contributed by atoms with E-state index in [9.17, 15) is 14.4 Å². The summed E-state index contributed by atoms with van der Waals surface area (Å²) in [6.07, 6.45) is 0.512. The van der Waals surface area contributed by atoms with E-state index in [2.05, 4.69) is 5.32 Å². The largest absolute Gasteiger partial charge is 0.368 e. The second-order valence-electron chi connectivity index (χ2n) is 4.26. The molecule has 2 unspecified atom stereocenters. The number of Topliss-reactive ketones (excluding diaryl/α,β-unsaturated/α-hetero) is 3. The van der Waals surface area contributed by atoms with Crippen molar-refractivity contribution in [3.05, 3.63) is 0 Å². The van der Waals surface area contributed by atoms with Crippen molar-refractivity contribution in [3.63, 3.8) is 0 Å². The lowest BCUT2D eigenvalue weighted by molar-refractivity contribution is -0.138. The van der Waals surface area contributed by atoms with Gasteiger partial charge in [0.25, 0.3) is 0 Å². The van der Waals surface area contributed by atoms with Crippen molar-refractivity contribution in [3.8, 4) is 0 Å². The summed E-state index contributed by atoms with van der Waals surface area (Å²) >= 11 is 0. The first kappa shape index (κ1) is 11.4. The molecule has 1 saturated carbocycles. The SMILES string of the molecule is O=C1CCC(CC(=O)C2CNCCO2)C1=O. The van der Waals surface area contributed by atoms with Gasteiger partial charge < -0.3 is 10.1 Å². The number of ether oxygens (including phenoxy) is 1. The first-order chi connectivity index (χ1) is 7.68. The lowest BCUT2D eigenvalue weighted by Gasteiger charge is -2.23. The van der Waals surface area contributed by atoms with Crippen molar-refractivity contribution in [1.82, 2.24) is 5.32 Å². The van der Waals surface area contributed by atoms with Crippen LogP contribution in [-0.4, -0.2) is 43.2 Å². The minimum absolute atomic E-state index is 0.0692. The van der Waals surface area contributed by atoms with Crippen molar-refractivity contribution < 1.29 is 19.1 Å². The number of hydrogen-bond acceptors (Lipinski definition) is 5. The Labute approximate surface area is 93.5 Å². The van der Waals surface area contributed by atoms with E-state index in [0.29, 0.717) is 26.0 Å². The van der Waals surface area contributed by atoms with Gasteiger partial charge in [0, 0.05) is 31.8 Å². The quantitative estimate of drug-likeness (QED) is 0.654. The molecule has 0 aromatic carbocycles. The minimum atomic E-state index is -0.447. The standard InChI is InChI=1S/C11H15NO4/c13-8-2-1-7(11(8)15)5-9(14)10-6-12-3-4-16-10/h7,10,12H,1-6H2. The van der Waals surface area contributed by atoms with Crippen LogP contribution in [0.15, 0.2) is 0 Å². The zero-order valence-corrected chi connectivity index (χ0v) is 9.03. The Kier molecular flexibility index (Phi) is 3.46. The van der Waals surface area contributed by atoms with Gasteiger partial charge in [-0.2, -0.15) is 0 Å². The normalized spacial score (nSPS) is 30.8. The summed E-state index contributed by atoms with van der Waals surface area (Å²) in [5.41, 5.74) is 0. The Morgan fingerprint density at radius 2 is 2.25 bits per heavy atom. The van der Waals surface area contributed by atoms with Crippen LogP contribution in [0.3, 0.4) is 0 Å². The molecule has 0 radical (unpaired) electrons. The molecule has 5 heteroatoms. The molecule has 0 spiro atoms. The molecule has 88 valence electrons. The summed E-state index contributed by atoms with van der Waals surface area (Å²) < 4.78 is 5.30. The van der Waals surface area contributed by atoms with Gasteiger partial charge in [-0.3, -0.25) is 14.4 Å². The molecule has 2 aliphatic rings. The number of ketones is 3. The van der Waals surface area contributed by atoms with Gasteiger partial charge in [0.05, 0.1) is 6.61 Å². The Hall–Kier alpha value is -1.07. The van der Waals surface area contributed by atoms with E-state index in [-0.39, 0.29) is 23.8 Å². The van der Waals surface area contributed by atoms with Crippen LogP contribution < -0.4 is 5.32 Å². The highest BCUT2D eigenvalue weighted by molar-refractivity contribution is 6.40. The topological polar surface area (TPSA) is 72.5 Å². The molecule has 0 amide bonds. The maximum absolute atomic E-state index is 11.8. The highest BCUT2D eigenvalue weighted by atomic mass is 16.5. The van der Waals surface area contributed by atoms with Crippen molar-refractivity contribution in [2.75, 3.05) is 19.7 Å². The molecule has 0 aromatic heterocycles. The molecule has 1 aliphatic heterocycles. The molecule has 0 aromatic rings. The number of hydrogen-bond donors (Lipinski definition) is 1. The van der Waals surface area contributed by atoms with Gasteiger partial charge in [-0.05, 0) is 6.42 Å². The number of rotatable bonds is 3. The van der Waals surface area contributed by atoms with Crippen molar-refractivity contribution in [1.29, 1.82) is 0 Å². The van der Waals surface area contributed by atoms with Crippen LogP contribution >= 0.6 is 0 Å². The average molecular weight is 225 g/mol. The average Bonchev–Trinajstić information content (AvgIpc) is 2.62. The van der Waals surface area contributed by atoms with Crippen LogP contribution in [0.1, 0.15) is 19.3 Å². The van der Waals surface area contributed by atoms with Crippen LogP contribution in [0.2, 0.25) is 0 Å². The summed E-state index contributed by atoms with van der Waals surface area (Å²) in [6, 6.07) is 0. The van der Waals surface area contributed by atoms with E-state index in [0.717, 1.165) is 6.54 Å². The third-order valence-electron chi connectivity index (χ3n) is 3.10. The molecule has 1 saturated heterocycles. The van der Waals surface area contributed by atoms with Crippen molar-refractivity contribution in [2.45, 2.75) is 25.4 Å². The predicted octanol–water partition coefficient (Wildman–Crippen LogP) is -0.518. The molecule has 0 bridgehead atoms. The lowest BCUT2D eigenvalue weighted by atomic mass is 9.97.